The first-order valence-electron chi connectivity index (χ1n) is 7.09. The lowest BCUT2D eigenvalue weighted by atomic mass is 10.1. The number of esters is 1. The summed E-state index contributed by atoms with van der Waals surface area (Å²) in [5, 5.41) is 0. The molecule has 0 N–H and O–H groups in total. The average molecular weight is 327 g/mol. The highest BCUT2D eigenvalue weighted by atomic mass is 19.4. The maximum absolute atomic E-state index is 12.6. The average Bonchev–Trinajstić information content (AvgIpc) is 2.92. The van der Waals surface area contributed by atoms with Crippen molar-refractivity contribution in [2.24, 2.45) is 0 Å². The minimum Gasteiger partial charge on any atom is -0.460 e. The van der Waals surface area contributed by atoms with Gasteiger partial charge in [0.15, 0.2) is 0 Å². The van der Waals surface area contributed by atoms with E-state index in [0.717, 1.165) is 12.1 Å². The molecule has 0 fully saturated rings. The molecule has 23 heavy (non-hydrogen) atoms. The van der Waals surface area contributed by atoms with Crippen molar-refractivity contribution in [1.29, 1.82) is 0 Å². The molecule has 7 heteroatoms. The van der Waals surface area contributed by atoms with Crippen LogP contribution >= 0.6 is 0 Å². The van der Waals surface area contributed by atoms with Gasteiger partial charge in [-0.1, -0.05) is 13.8 Å². The Hall–Kier alpha value is -2.31. The fourth-order valence-corrected chi connectivity index (χ4v) is 1.99. The topological polar surface area (TPSA) is 52.3 Å². The summed E-state index contributed by atoms with van der Waals surface area (Å²) in [7, 11) is 0. The minimum absolute atomic E-state index is 0.0169. The largest absolute Gasteiger partial charge is 0.460 e. The van der Waals surface area contributed by atoms with E-state index >= 15 is 0 Å². The number of rotatable bonds is 4. The first kappa shape index (κ1) is 17.1. The monoisotopic (exact) mass is 327 g/mol. The molecule has 0 amide bonds. The summed E-state index contributed by atoms with van der Waals surface area (Å²) in [6, 6.07) is 4.40. The van der Waals surface area contributed by atoms with Gasteiger partial charge in [0.05, 0.1) is 17.9 Å². The molecule has 2 rings (SSSR count). The Morgan fingerprint density at radius 1 is 1.26 bits per heavy atom. The summed E-state index contributed by atoms with van der Waals surface area (Å²) in [5.41, 5.74) is 0.0105. The van der Waals surface area contributed by atoms with Gasteiger partial charge in [0.25, 0.3) is 0 Å². The number of nitrogens with zero attached hydrogens (tertiary/aromatic N) is 1. The van der Waals surface area contributed by atoms with Crippen LogP contribution in [-0.4, -0.2) is 17.6 Å². The molecule has 0 atom stereocenters. The van der Waals surface area contributed by atoms with Gasteiger partial charge in [0, 0.05) is 5.56 Å². The van der Waals surface area contributed by atoms with E-state index in [1.54, 1.807) is 6.92 Å². The number of carbonyl (C=O) groups excluding carboxylic acids is 1. The smallest absolute Gasteiger partial charge is 0.416 e. The van der Waals surface area contributed by atoms with Gasteiger partial charge in [0.2, 0.25) is 11.7 Å². The predicted molar refractivity (Wildman–Crippen MR) is 77.0 cm³/mol. The molecule has 4 nitrogen and oxygen atoms in total. The van der Waals surface area contributed by atoms with E-state index in [9.17, 15) is 18.0 Å². The SMILES string of the molecule is CCOC(=O)c1oc(-c2ccc(C(F)(F)F)cc2)nc1C(C)C. The number of oxazole rings is 1. The molecule has 0 unspecified atom stereocenters. The van der Waals surface area contributed by atoms with Crippen LogP contribution in [0.25, 0.3) is 11.5 Å². The number of carbonyl (C=O) groups is 1. The zero-order valence-electron chi connectivity index (χ0n) is 12.9. The van der Waals surface area contributed by atoms with Crippen molar-refractivity contribution >= 4 is 5.97 Å². The number of hydrogen-bond donors (Lipinski definition) is 0. The molecule has 124 valence electrons. The fraction of sp³-hybridized carbons (Fsp3) is 0.375. The maximum Gasteiger partial charge on any atom is 0.416 e. The van der Waals surface area contributed by atoms with Crippen molar-refractivity contribution in [3.05, 3.63) is 41.3 Å². The fourth-order valence-electron chi connectivity index (χ4n) is 1.99. The Kier molecular flexibility index (Phi) is 4.77. The van der Waals surface area contributed by atoms with Gasteiger partial charge in [-0.15, -0.1) is 0 Å². The molecular weight excluding hydrogens is 311 g/mol. The zero-order chi connectivity index (χ0) is 17.2. The van der Waals surface area contributed by atoms with E-state index in [-0.39, 0.29) is 24.2 Å². The van der Waals surface area contributed by atoms with Crippen molar-refractivity contribution in [3.8, 4) is 11.5 Å². The molecule has 0 spiro atoms. The number of alkyl halides is 3. The molecule has 0 saturated carbocycles. The van der Waals surface area contributed by atoms with Crippen LogP contribution in [0.2, 0.25) is 0 Å². The van der Waals surface area contributed by atoms with Crippen molar-refractivity contribution in [3.63, 3.8) is 0 Å². The molecule has 1 aromatic heterocycles. The summed E-state index contributed by atoms with van der Waals surface area (Å²) in [6.07, 6.45) is -4.41. The van der Waals surface area contributed by atoms with Crippen LogP contribution in [0.4, 0.5) is 13.2 Å². The second kappa shape index (κ2) is 6.44. The van der Waals surface area contributed by atoms with Crippen LogP contribution in [-0.2, 0) is 10.9 Å². The van der Waals surface area contributed by atoms with Gasteiger partial charge >= 0.3 is 12.1 Å². The number of ether oxygens (including phenoxy) is 1. The standard InChI is InChI=1S/C16H16F3NO3/c1-4-22-15(21)13-12(9(2)3)20-14(23-13)10-5-7-11(8-6-10)16(17,18)19/h5-9H,4H2,1-3H3. The summed E-state index contributed by atoms with van der Waals surface area (Å²) in [6.45, 7) is 5.51. The predicted octanol–water partition coefficient (Wildman–Crippen LogP) is 4.66. The van der Waals surface area contributed by atoms with Crippen LogP contribution in [0, 0.1) is 0 Å². The maximum atomic E-state index is 12.6. The molecule has 1 aromatic carbocycles. The van der Waals surface area contributed by atoms with Gasteiger partial charge in [-0.25, -0.2) is 9.78 Å². The lowest BCUT2D eigenvalue weighted by Gasteiger charge is -2.06. The molecule has 0 aliphatic rings. The molecule has 0 saturated heterocycles. The van der Waals surface area contributed by atoms with Gasteiger partial charge < -0.3 is 9.15 Å². The van der Waals surface area contributed by atoms with E-state index in [0.29, 0.717) is 11.3 Å². The Morgan fingerprint density at radius 3 is 2.35 bits per heavy atom. The minimum atomic E-state index is -4.41. The van der Waals surface area contributed by atoms with E-state index in [2.05, 4.69) is 4.98 Å². The van der Waals surface area contributed by atoms with Crippen LogP contribution in [0.15, 0.2) is 28.7 Å². The van der Waals surface area contributed by atoms with E-state index in [4.69, 9.17) is 9.15 Å². The van der Waals surface area contributed by atoms with E-state index < -0.39 is 17.7 Å². The lowest BCUT2D eigenvalue weighted by molar-refractivity contribution is -0.137. The number of aromatic nitrogens is 1. The van der Waals surface area contributed by atoms with Crippen LogP contribution < -0.4 is 0 Å². The third-order valence-corrected chi connectivity index (χ3v) is 3.12. The Morgan fingerprint density at radius 2 is 1.87 bits per heavy atom. The normalized spacial score (nSPS) is 11.8. The summed E-state index contributed by atoms with van der Waals surface area (Å²) in [5.74, 6) is -0.662. The highest BCUT2D eigenvalue weighted by Crippen LogP contribution is 2.32. The molecule has 0 radical (unpaired) electrons. The first-order valence-corrected chi connectivity index (χ1v) is 7.09. The molecule has 1 heterocycles. The van der Waals surface area contributed by atoms with Gasteiger partial charge in [-0.2, -0.15) is 13.2 Å². The Bertz CT molecular complexity index is 688. The van der Waals surface area contributed by atoms with Crippen molar-refractivity contribution in [2.45, 2.75) is 32.9 Å². The second-order valence-electron chi connectivity index (χ2n) is 5.18. The number of hydrogen-bond acceptors (Lipinski definition) is 4. The Balaban J connectivity index is 2.40. The highest BCUT2D eigenvalue weighted by molar-refractivity contribution is 5.88. The van der Waals surface area contributed by atoms with Gasteiger partial charge in [-0.05, 0) is 37.1 Å². The molecular formula is C16H16F3NO3. The van der Waals surface area contributed by atoms with Crippen molar-refractivity contribution in [1.82, 2.24) is 4.98 Å². The quantitative estimate of drug-likeness (QED) is 0.766. The van der Waals surface area contributed by atoms with Gasteiger partial charge in [0.1, 0.15) is 0 Å². The first-order chi connectivity index (χ1) is 10.7. The number of halogens is 3. The third-order valence-electron chi connectivity index (χ3n) is 3.12. The Labute approximate surface area is 131 Å². The summed E-state index contributed by atoms with van der Waals surface area (Å²) in [4.78, 5) is 16.1. The molecule has 2 aromatic rings. The zero-order valence-corrected chi connectivity index (χ0v) is 12.9. The van der Waals surface area contributed by atoms with Crippen LogP contribution in [0.3, 0.4) is 0 Å². The molecule has 0 bridgehead atoms. The molecule has 0 aliphatic carbocycles. The van der Waals surface area contributed by atoms with Gasteiger partial charge in [-0.3, -0.25) is 0 Å². The van der Waals surface area contributed by atoms with E-state index in [1.165, 1.54) is 12.1 Å². The second-order valence-corrected chi connectivity index (χ2v) is 5.18. The summed E-state index contributed by atoms with van der Waals surface area (Å²) < 4.78 is 48.1. The lowest BCUT2D eigenvalue weighted by Crippen LogP contribution is -2.07. The van der Waals surface area contributed by atoms with E-state index in [1.807, 2.05) is 13.8 Å². The molecule has 0 aliphatic heterocycles. The van der Waals surface area contributed by atoms with Crippen molar-refractivity contribution in [2.75, 3.05) is 6.61 Å². The van der Waals surface area contributed by atoms with Crippen LogP contribution in [0.1, 0.15) is 48.5 Å². The van der Waals surface area contributed by atoms with Crippen LogP contribution in [0.5, 0.6) is 0 Å². The number of benzene rings is 1. The third kappa shape index (κ3) is 3.72. The highest BCUT2D eigenvalue weighted by Gasteiger charge is 2.30. The van der Waals surface area contributed by atoms with Crippen molar-refractivity contribution < 1.29 is 27.1 Å². The summed E-state index contributed by atoms with van der Waals surface area (Å²) >= 11 is 0.